The van der Waals surface area contributed by atoms with Crippen LogP contribution in [-0.2, 0) is 26.0 Å². The van der Waals surface area contributed by atoms with Crippen molar-refractivity contribution in [1.29, 1.82) is 0 Å². The maximum atomic E-state index is 13.4. The molecule has 1 heterocycles. The van der Waals surface area contributed by atoms with E-state index in [-0.39, 0.29) is 23.9 Å². The van der Waals surface area contributed by atoms with Crippen molar-refractivity contribution in [3.05, 3.63) is 89.5 Å². The maximum Gasteiger partial charge on any atom is 0.262 e. The standard InChI is InChI=1S/C28H31N3O5S/c1-20-13-14-21(2)26(17-20)37(34,35)30(3)19-27(32)31-18-25(36-24-12-8-7-11-23(24)31)28(33)29-16-15-22-9-5-4-6-10-22/h4-14,17,25H,15-16,18-19H2,1-3H3,(H,29,33)/t25-/m1/s1. The average molecular weight is 522 g/mol. The number of anilines is 1. The first-order valence-corrected chi connectivity index (χ1v) is 13.5. The van der Waals surface area contributed by atoms with Gasteiger partial charge in [-0.05, 0) is 55.2 Å². The average Bonchev–Trinajstić information content (AvgIpc) is 2.89. The molecule has 0 spiro atoms. The van der Waals surface area contributed by atoms with Crippen LogP contribution in [0.3, 0.4) is 0 Å². The molecule has 0 radical (unpaired) electrons. The zero-order valence-electron chi connectivity index (χ0n) is 21.2. The Bertz CT molecular complexity index is 1390. The first-order valence-electron chi connectivity index (χ1n) is 12.1. The van der Waals surface area contributed by atoms with Gasteiger partial charge in [-0.15, -0.1) is 0 Å². The van der Waals surface area contributed by atoms with Crippen LogP contribution >= 0.6 is 0 Å². The van der Waals surface area contributed by atoms with E-state index in [2.05, 4.69) is 5.32 Å². The van der Waals surface area contributed by atoms with Gasteiger partial charge >= 0.3 is 0 Å². The molecular formula is C28H31N3O5S. The van der Waals surface area contributed by atoms with Crippen molar-refractivity contribution < 1.29 is 22.7 Å². The van der Waals surface area contributed by atoms with Crippen LogP contribution in [0.5, 0.6) is 5.75 Å². The van der Waals surface area contributed by atoms with Crippen molar-refractivity contribution in [2.75, 3.05) is 31.6 Å². The van der Waals surface area contributed by atoms with Crippen LogP contribution in [0.1, 0.15) is 16.7 Å². The summed E-state index contributed by atoms with van der Waals surface area (Å²) in [7, 11) is -2.51. The highest BCUT2D eigenvalue weighted by atomic mass is 32.2. The number of ether oxygens (including phenoxy) is 1. The van der Waals surface area contributed by atoms with Crippen LogP contribution in [0.4, 0.5) is 5.69 Å². The predicted molar refractivity (Wildman–Crippen MR) is 142 cm³/mol. The molecule has 0 saturated heterocycles. The Balaban J connectivity index is 1.47. The molecular weight excluding hydrogens is 490 g/mol. The summed E-state index contributed by atoms with van der Waals surface area (Å²) >= 11 is 0. The number of fused-ring (bicyclic) bond motifs is 1. The zero-order chi connectivity index (χ0) is 26.6. The van der Waals surface area contributed by atoms with Crippen molar-refractivity contribution in [1.82, 2.24) is 9.62 Å². The van der Waals surface area contributed by atoms with E-state index in [9.17, 15) is 18.0 Å². The van der Waals surface area contributed by atoms with Gasteiger partial charge in [0, 0.05) is 13.6 Å². The van der Waals surface area contributed by atoms with Gasteiger partial charge in [0.2, 0.25) is 15.9 Å². The topological polar surface area (TPSA) is 96.0 Å². The number of aryl methyl sites for hydroxylation is 2. The summed E-state index contributed by atoms with van der Waals surface area (Å²) in [6.07, 6.45) is -0.255. The first kappa shape index (κ1) is 26.4. The van der Waals surface area contributed by atoms with E-state index in [1.165, 1.54) is 11.9 Å². The van der Waals surface area contributed by atoms with Gasteiger partial charge in [-0.2, -0.15) is 4.31 Å². The third kappa shape index (κ3) is 6.00. The molecule has 4 rings (SSSR count). The summed E-state index contributed by atoms with van der Waals surface area (Å²) in [5.74, 6) is -0.390. The maximum absolute atomic E-state index is 13.4. The minimum Gasteiger partial charge on any atom is -0.477 e. The van der Waals surface area contributed by atoms with E-state index in [1.54, 1.807) is 43.3 Å². The quantitative estimate of drug-likeness (QED) is 0.492. The molecule has 3 aromatic carbocycles. The Labute approximate surface area is 217 Å². The van der Waals surface area contributed by atoms with Gasteiger partial charge in [-0.1, -0.05) is 54.6 Å². The smallest absolute Gasteiger partial charge is 0.262 e. The summed E-state index contributed by atoms with van der Waals surface area (Å²) < 4.78 is 33.4. The zero-order valence-corrected chi connectivity index (χ0v) is 22.0. The largest absolute Gasteiger partial charge is 0.477 e. The molecule has 1 aliphatic heterocycles. The van der Waals surface area contributed by atoms with Crippen LogP contribution in [-0.4, -0.2) is 57.3 Å². The molecule has 2 amide bonds. The Hall–Kier alpha value is -3.69. The second-order valence-corrected chi connectivity index (χ2v) is 11.1. The lowest BCUT2D eigenvalue weighted by Crippen LogP contribution is -2.52. The third-order valence-electron chi connectivity index (χ3n) is 6.31. The molecule has 0 fully saturated rings. The van der Waals surface area contributed by atoms with Crippen LogP contribution < -0.4 is 15.0 Å². The fourth-order valence-corrected chi connectivity index (χ4v) is 5.64. The highest BCUT2D eigenvalue weighted by Gasteiger charge is 2.35. The Morgan fingerprint density at radius 2 is 1.73 bits per heavy atom. The van der Waals surface area contributed by atoms with Gasteiger partial charge in [-0.25, -0.2) is 8.42 Å². The molecule has 0 unspecified atom stereocenters. The molecule has 9 heteroatoms. The number of hydrogen-bond donors (Lipinski definition) is 1. The number of amides is 2. The van der Waals surface area contributed by atoms with Crippen molar-refractivity contribution in [3.8, 4) is 5.75 Å². The molecule has 194 valence electrons. The van der Waals surface area contributed by atoms with E-state index in [0.717, 1.165) is 15.4 Å². The molecule has 0 saturated carbocycles. The fraction of sp³-hybridized carbons (Fsp3) is 0.286. The van der Waals surface area contributed by atoms with E-state index in [0.29, 0.717) is 30.0 Å². The number of benzene rings is 3. The van der Waals surface area contributed by atoms with Crippen molar-refractivity contribution in [2.24, 2.45) is 0 Å². The Morgan fingerprint density at radius 3 is 2.49 bits per heavy atom. The minimum absolute atomic E-state index is 0.0234. The van der Waals surface area contributed by atoms with Crippen molar-refractivity contribution in [3.63, 3.8) is 0 Å². The highest BCUT2D eigenvalue weighted by molar-refractivity contribution is 7.89. The van der Waals surface area contributed by atoms with E-state index in [4.69, 9.17) is 4.74 Å². The Kier molecular flexibility index (Phi) is 7.94. The fourth-order valence-electron chi connectivity index (χ4n) is 4.21. The minimum atomic E-state index is -3.90. The van der Waals surface area contributed by atoms with E-state index >= 15 is 0 Å². The molecule has 0 aromatic heterocycles. The predicted octanol–water partition coefficient (Wildman–Crippen LogP) is 3.08. The second-order valence-electron chi connectivity index (χ2n) is 9.14. The van der Waals surface area contributed by atoms with Gasteiger partial charge < -0.3 is 15.0 Å². The number of para-hydroxylation sites is 2. The SMILES string of the molecule is Cc1ccc(C)c(S(=O)(=O)N(C)CC(=O)N2C[C@H](C(=O)NCCc3ccccc3)Oc3ccccc32)c1. The molecule has 8 nitrogen and oxygen atoms in total. The number of carbonyl (C=O) groups excluding carboxylic acids is 2. The Morgan fingerprint density at radius 1 is 1.03 bits per heavy atom. The monoisotopic (exact) mass is 521 g/mol. The normalized spacial score (nSPS) is 15.1. The third-order valence-corrected chi connectivity index (χ3v) is 8.26. The number of sulfonamides is 1. The molecule has 0 bridgehead atoms. The summed E-state index contributed by atoms with van der Waals surface area (Å²) in [6, 6.07) is 21.9. The molecule has 1 N–H and O–H groups in total. The number of likely N-dealkylation sites (N-methyl/N-ethyl adjacent to an activating group) is 1. The van der Waals surface area contributed by atoms with Crippen LogP contribution in [0.2, 0.25) is 0 Å². The summed E-state index contributed by atoms with van der Waals surface area (Å²) in [6.45, 7) is 3.56. The van der Waals surface area contributed by atoms with Crippen LogP contribution in [0.15, 0.2) is 77.7 Å². The summed E-state index contributed by atoms with van der Waals surface area (Å²) in [4.78, 5) is 27.9. The summed E-state index contributed by atoms with van der Waals surface area (Å²) in [5, 5.41) is 2.88. The molecule has 3 aromatic rings. The first-order chi connectivity index (χ1) is 17.7. The lowest BCUT2D eigenvalue weighted by molar-refractivity contribution is -0.128. The van der Waals surface area contributed by atoms with Gasteiger partial charge in [0.05, 0.1) is 23.7 Å². The van der Waals surface area contributed by atoms with Gasteiger partial charge in [0.15, 0.2) is 6.10 Å². The van der Waals surface area contributed by atoms with E-state index < -0.39 is 22.0 Å². The summed E-state index contributed by atoms with van der Waals surface area (Å²) in [5.41, 5.74) is 3.02. The number of carbonyl (C=O) groups is 2. The molecule has 1 aliphatic rings. The molecule has 1 atom stereocenters. The highest BCUT2D eigenvalue weighted by Crippen LogP contribution is 2.33. The van der Waals surface area contributed by atoms with Crippen LogP contribution in [0.25, 0.3) is 0 Å². The van der Waals surface area contributed by atoms with E-state index in [1.807, 2.05) is 43.3 Å². The van der Waals surface area contributed by atoms with Gasteiger partial charge in [0.25, 0.3) is 5.91 Å². The lowest BCUT2D eigenvalue weighted by Gasteiger charge is -2.35. The lowest BCUT2D eigenvalue weighted by atomic mass is 10.1. The van der Waals surface area contributed by atoms with Crippen LogP contribution in [0, 0.1) is 13.8 Å². The number of nitrogens with zero attached hydrogens (tertiary/aromatic N) is 2. The number of hydrogen-bond acceptors (Lipinski definition) is 5. The second kappa shape index (κ2) is 11.1. The number of rotatable bonds is 8. The van der Waals surface area contributed by atoms with Gasteiger partial charge in [0.1, 0.15) is 5.75 Å². The van der Waals surface area contributed by atoms with Crippen molar-refractivity contribution >= 4 is 27.5 Å². The molecule has 0 aliphatic carbocycles. The number of nitrogens with one attached hydrogen (secondary N) is 1. The van der Waals surface area contributed by atoms with Gasteiger partial charge in [-0.3, -0.25) is 9.59 Å². The van der Waals surface area contributed by atoms with Crippen molar-refractivity contribution in [2.45, 2.75) is 31.3 Å². The molecule has 37 heavy (non-hydrogen) atoms.